The topological polar surface area (TPSA) is 229 Å². The van der Waals surface area contributed by atoms with Gasteiger partial charge in [-0.3, -0.25) is 0 Å². The molecule has 19 nitrogen and oxygen atoms in total. The summed E-state index contributed by atoms with van der Waals surface area (Å²) in [7, 11) is 6.26. The Morgan fingerprint density at radius 2 is 0.873 bits per heavy atom. The molecule has 0 bridgehead atoms. The van der Waals surface area contributed by atoms with Gasteiger partial charge in [-0.25, -0.2) is 19.2 Å². The maximum atomic E-state index is 11.8. The molecule has 0 fully saturated rings. The van der Waals surface area contributed by atoms with Crippen molar-refractivity contribution < 1.29 is 74.2 Å². The highest BCUT2D eigenvalue weighted by molar-refractivity contribution is 6.66. The standard InChI is InChI=1S/C17H38N2O8Si2.C7H12O6.C6H17NO2Si.3CH4/c1-15(27-17(21)19-11-9-13-29(7,24-4)25-5)14-26-16(20)18-10-8-12-28(6,22-2)23-3;1-5(13-7(9)11-3)4-12-6(8)10-2;1-8-10(3,9-2)6-4-5-7;;;/h15H,8-14H2,1-7H3,(H,18,20)(H,19,21);5H,4H2,1-3H3;4-7H2,1-3H3;3*1H4. The van der Waals surface area contributed by atoms with Gasteiger partial charge < -0.3 is 71.3 Å². The summed E-state index contributed by atoms with van der Waals surface area (Å²) >= 11 is 0. The molecule has 0 aromatic heterocycles. The molecule has 0 spiro atoms. The molecule has 0 aromatic rings. The number of nitrogens with two attached hydrogens (primary N) is 1. The van der Waals surface area contributed by atoms with Gasteiger partial charge in [-0.05, 0) is 77.4 Å². The fourth-order valence-corrected chi connectivity index (χ4v) is 7.69. The highest BCUT2D eigenvalue weighted by Crippen LogP contribution is 2.14. The van der Waals surface area contributed by atoms with E-state index in [1.54, 1.807) is 56.5 Å². The molecule has 2 amide bonds. The van der Waals surface area contributed by atoms with Gasteiger partial charge in [-0.1, -0.05) is 22.3 Å². The molecule has 0 saturated heterocycles. The van der Waals surface area contributed by atoms with E-state index in [1.807, 2.05) is 19.6 Å². The third kappa shape index (κ3) is 36.8. The van der Waals surface area contributed by atoms with Gasteiger partial charge in [-0.15, -0.1) is 0 Å². The molecule has 0 saturated carbocycles. The maximum Gasteiger partial charge on any atom is 0.508 e. The van der Waals surface area contributed by atoms with Crippen molar-refractivity contribution in [3.05, 3.63) is 0 Å². The van der Waals surface area contributed by atoms with E-state index in [9.17, 15) is 19.2 Å². The molecule has 22 heteroatoms. The van der Waals surface area contributed by atoms with Gasteiger partial charge >= 0.3 is 50.2 Å². The SMILES string of the molecule is C.C.C.COC(=O)OCC(C)OC(=O)OC.CO[Si](C)(CCCN)OC.CO[Si](C)(CCCNC(=O)OCC(C)OC(=O)NCCC[Si](C)(OC)OC)OC. The second-order valence-corrected chi connectivity index (χ2v) is 22.3. The van der Waals surface area contributed by atoms with Gasteiger partial charge in [0.1, 0.15) is 25.4 Å². The Bertz CT molecular complexity index is 948. The Labute approximate surface area is 335 Å². The number of methoxy groups -OCH3 is 2. The van der Waals surface area contributed by atoms with Crippen molar-refractivity contribution in [1.29, 1.82) is 0 Å². The highest BCUT2D eigenvalue weighted by Gasteiger charge is 2.29. The van der Waals surface area contributed by atoms with Gasteiger partial charge in [0.05, 0.1) is 14.2 Å². The number of amides is 2. The first-order valence-corrected chi connectivity index (χ1v) is 24.3. The van der Waals surface area contributed by atoms with E-state index in [-0.39, 0.29) is 35.5 Å². The lowest BCUT2D eigenvalue weighted by Gasteiger charge is -2.22. The predicted octanol–water partition coefficient (Wildman–Crippen LogP) is 5.89. The van der Waals surface area contributed by atoms with Crippen LogP contribution in [0.3, 0.4) is 0 Å². The van der Waals surface area contributed by atoms with E-state index in [0.29, 0.717) is 13.1 Å². The molecule has 0 rings (SSSR count). The third-order valence-corrected chi connectivity index (χ3v) is 16.4. The Kier molecular flexibility index (Phi) is 44.8. The molecule has 0 heterocycles. The normalized spacial score (nSPS) is 11.7. The van der Waals surface area contributed by atoms with E-state index < -0.39 is 62.4 Å². The lowest BCUT2D eigenvalue weighted by atomic mass is 10.4. The molecule has 0 radical (unpaired) electrons. The fourth-order valence-electron chi connectivity index (χ4n) is 3.48. The van der Waals surface area contributed by atoms with Crippen molar-refractivity contribution in [1.82, 2.24) is 10.6 Å². The summed E-state index contributed by atoms with van der Waals surface area (Å²) in [6.45, 7) is 10.7. The summed E-state index contributed by atoms with van der Waals surface area (Å²) in [6.07, 6.45) is -1.43. The van der Waals surface area contributed by atoms with Crippen LogP contribution in [0, 0.1) is 0 Å². The van der Waals surface area contributed by atoms with Crippen LogP contribution in [0.15, 0.2) is 0 Å². The number of alkyl carbamates (subject to hydrolysis) is 2. The number of rotatable bonds is 23. The van der Waals surface area contributed by atoms with Crippen molar-refractivity contribution in [2.75, 3.05) is 89.7 Å². The van der Waals surface area contributed by atoms with Crippen LogP contribution in [0.25, 0.3) is 0 Å². The molecule has 55 heavy (non-hydrogen) atoms. The average Bonchev–Trinajstić information content (AvgIpc) is 3.15. The second kappa shape index (κ2) is 38.3. The zero-order chi connectivity index (χ0) is 40.6. The minimum Gasteiger partial charge on any atom is -0.446 e. The monoisotopic (exact) mass is 857 g/mol. The molecule has 0 aliphatic heterocycles. The van der Waals surface area contributed by atoms with Gasteiger partial charge in [0, 0.05) is 55.7 Å². The van der Waals surface area contributed by atoms with E-state index in [0.717, 1.165) is 43.9 Å². The second-order valence-electron chi connectivity index (χ2n) is 11.5. The van der Waals surface area contributed by atoms with Crippen LogP contribution in [0.2, 0.25) is 37.8 Å². The summed E-state index contributed by atoms with van der Waals surface area (Å²) in [6, 6.07) is 2.50. The van der Waals surface area contributed by atoms with Crippen LogP contribution in [-0.4, -0.2) is 152 Å². The lowest BCUT2D eigenvalue weighted by Crippen LogP contribution is -2.38. The number of hydrogen-bond acceptors (Lipinski definition) is 17. The summed E-state index contributed by atoms with van der Waals surface area (Å²) in [4.78, 5) is 44.4. The van der Waals surface area contributed by atoms with Gasteiger partial charge in [0.15, 0.2) is 0 Å². The molecule has 0 aromatic carbocycles. The zero-order valence-electron chi connectivity index (χ0n) is 33.5. The summed E-state index contributed by atoms with van der Waals surface area (Å²) in [5.74, 6) is 0. The van der Waals surface area contributed by atoms with E-state index in [4.69, 9.17) is 41.8 Å². The molecular weight excluding hydrogens is 779 g/mol. The van der Waals surface area contributed by atoms with Crippen LogP contribution in [0.4, 0.5) is 19.2 Å². The Morgan fingerprint density at radius 1 is 0.527 bits per heavy atom. The minimum atomic E-state index is -2.12. The van der Waals surface area contributed by atoms with Crippen LogP contribution in [-0.2, 0) is 55.0 Å². The van der Waals surface area contributed by atoms with E-state index >= 15 is 0 Å². The first-order valence-electron chi connectivity index (χ1n) is 16.7. The summed E-state index contributed by atoms with van der Waals surface area (Å²) in [5, 5.41) is 5.32. The Morgan fingerprint density at radius 3 is 1.24 bits per heavy atom. The Balaban J connectivity index is -0.000000191. The molecule has 334 valence electrons. The van der Waals surface area contributed by atoms with Crippen LogP contribution < -0.4 is 16.4 Å². The summed E-state index contributed by atoms with van der Waals surface area (Å²) < 4.78 is 59.8. The predicted molar refractivity (Wildman–Crippen MR) is 219 cm³/mol. The van der Waals surface area contributed by atoms with Crippen LogP contribution in [0.1, 0.15) is 55.4 Å². The lowest BCUT2D eigenvalue weighted by molar-refractivity contribution is 0.000324. The van der Waals surface area contributed by atoms with Crippen LogP contribution >= 0.6 is 0 Å². The molecule has 0 aliphatic carbocycles. The number of nitrogens with one attached hydrogen (secondary N) is 2. The van der Waals surface area contributed by atoms with Gasteiger partial charge in [-0.2, -0.15) is 0 Å². The maximum absolute atomic E-state index is 11.8. The molecule has 2 unspecified atom stereocenters. The van der Waals surface area contributed by atoms with Gasteiger partial charge in [0.25, 0.3) is 0 Å². The molecule has 2 atom stereocenters. The van der Waals surface area contributed by atoms with Crippen molar-refractivity contribution >= 4 is 50.2 Å². The zero-order valence-corrected chi connectivity index (χ0v) is 36.5. The van der Waals surface area contributed by atoms with Crippen molar-refractivity contribution in [2.24, 2.45) is 5.73 Å². The van der Waals surface area contributed by atoms with Crippen molar-refractivity contribution in [2.45, 2.75) is 105 Å². The first kappa shape index (κ1) is 64.4. The van der Waals surface area contributed by atoms with Crippen molar-refractivity contribution in [3.63, 3.8) is 0 Å². The molecule has 4 N–H and O–H groups in total. The number of hydrogen-bond donors (Lipinski definition) is 3. The number of carbonyl (C=O) groups is 4. The minimum absolute atomic E-state index is 0. The molecule has 0 aliphatic rings. The number of carbonyl (C=O) groups excluding carboxylic acids is 4. The average molecular weight is 858 g/mol. The summed E-state index contributed by atoms with van der Waals surface area (Å²) in [5.41, 5.74) is 5.36. The quantitative estimate of drug-likeness (QED) is 0.0471. The fraction of sp³-hybridized carbons (Fsp3) is 0.879. The van der Waals surface area contributed by atoms with E-state index in [1.165, 1.54) is 14.2 Å². The van der Waals surface area contributed by atoms with Crippen molar-refractivity contribution in [3.8, 4) is 0 Å². The molecular formula is C33H79N3O16Si3. The van der Waals surface area contributed by atoms with Crippen LogP contribution in [0.5, 0.6) is 0 Å². The number of ether oxygens (including phenoxy) is 6. The Hall–Kier alpha value is -2.55. The first-order chi connectivity index (χ1) is 24.4. The third-order valence-electron chi connectivity index (χ3n) is 7.40. The highest BCUT2D eigenvalue weighted by atomic mass is 28.4. The smallest absolute Gasteiger partial charge is 0.446 e. The van der Waals surface area contributed by atoms with Gasteiger partial charge in [0.2, 0.25) is 0 Å². The largest absolute Gasteiger partial charge is 0.508 e. The van der Waals surface area contributed by atoms with E-state index in [2.05, 4.69) is 29.6 Å².